The molecule has 2 heterocycles. The highest BCUT2D eigenvalue weighted by Crippen LogP contribution is 2.23. The van der Waals surface area contributed by atoms with Gasteiger partial charge in [0, 0.05) is 18.6 Å². The van der Waals surface area contributed by atoms with Gasteiger partial charge in [0.1, 0.15) is 0 Å². The minimum Gasteiger partial charge on any atom is -0.329 e. The van der Waals surface area contributed by atoms with Crippen LogP contribution in [0.15, 0.2) is 0 Å². The Kier molecular flexibility index (Phi) is 3.14. The van der Waals surface area contributed by atoms with Crippen LogP contribution in [0.5, 0.6) is 0 Å². The van der Waals surface area contributed by atoms with Crippen LogP contribution in [0, 0.1) is 0 Å². The van der Waals surface area contributed by atoms with Gasteiger partial charge in [0.05, 0.1) is 0 Å². The first-order chi connectivity index (χ1) is 7.74. The lowest BCUT2D eigenvalue weighted by molar-refractivity contribution is 0.0481. The topological polar surface area (TPSA) is 101 Å². The molecule has 2 atom stereocenters. The Morgan fingerprint density at radius 2 is 2.44 bits per heavy atom. The zero-order valence-corrected chi connectivity index (χ0v) is 9.26. The van der Waals surface area contributed by atoms with Crippen LogP contribution >= 0.6 is 0 Å². The molecule has 0 bridgehead atoms. The van der Waals surface area contributed by atoms with Gasteiger partial charge in [0.2, 0.25) is 0 Å². The molecular weight excluding hydrogens is 208 g/mol. The van der Waals surface area contributed by atoms with Crippen molar-refractivity contribution in [2.24, 2.45) is 5.73 Å². The summed E-state index contributed by atoms with van der Waals surface area (Å²) >= 11 is 0. The van der Waals surface area contributed by atoms with Gasteiger partial charge in [0.15, 0.2) is 0 Å². The minimum absolute atomic E-state index is 0.0924. The summed E-state index contributed by atoms with van der Waals surface area (Å²) < 4.78 is 0. The maximum atomic E-state index is 12.1. The molecule has 2 rings (SSSR count). The number of carbonyl (C=O) groups is 1. The standard InChI is InChI=1S/C9H16N6O/c1-6-3-2-4-7(5-10)15(6)9(16)8-11-13-14-12-8/h6-7H,2-5,10H2,1H3,(H,11,12,13,14). The van der Waals surface area contributed by atoms with E-state index >= 15 is 0 Å². The number of hydrogen-bond donors (Lipinski definition) is 2. The highest BCUT2D eigenvalue weighted by Gasteiger charge is 2.33. The number of nitrogens with one attached hydrogen (secondary N) is 1. The Morgan fingerprint density at radius 3 is 3.06 bits per heavy atom. The summed E-state index contributed by atoms with van der Waals surface area (Å²) in [6, 6.07) is 0.281. The zero-order chi connectivity index (χ0) is 11.5. The smallest absolute Gasteiger partial charge is 0.295 e. The average molecular weight is 224 g/mol. The molecule has 1 saturated heterocycles. The van der Waals surface area contributed by atoms with Crippen molar-refractivity contribution in [1.29, 1.82) is 0 Å². The number of aromatic amines is 1. The van der Waals surface area contributed by atoms with E-state index < -0.39 is 0 Å². The van der Waals surface area contributed by atoms with Crippen LogP contribution in [0.3, 0.4) is 0 Å². The van der Waals surface area contributed by atoms with Crippen LogP contribution in [-0.2, 0) is 0 Å². The van der Waals surface area contributed by atoms with Crippen molar-refractivity contribution < 1.29 is 4.79 Å². The number of likely N-dealkylation sites (tertiary alicyclic amines) is 1. The maximum Gasteiger partial charge on any atom is 0.295 e. The number of tetrazole rings is 1. The first kappa shape index (κ1) is 11.0. The first-order valence-electron chi connectivity index (χ1n) is 5.50. The highest BCUT2D eigenvalue weighted by molar-refractivity contribution is 5.90. The normalized spacial score (nSPS) is 25.8. The summed E-state index contributed by atoms with van der Waals surface area (Å²) in [5, 5.41) is 13.1. The predicted octanol–water partition coefficient (Wildman–Crippen LogP) is -0.458. The summed E-state index contributed by atoms with van der Waals surface area (Å²) in [6.45, 7) is 2.51. The number of amides is 1. The lowest BCUT2D eigenvalue weighted by Gasteiger charge is -2.39. The number of rotatable bonds is 2. The SMILES string of the molecule is CC1CCCC(CN)N1C(=O)c1nn[nH]n1. The van der Waals surface area contributed by atoms with Gasteiger partial charge < -0.3 is 10.6 Å². The first-order valence-corrected chi connectivity index (χ1v) is 5.50. The second-order valence-electron chi connectivity index (χ2n) is 4.12. The molecule has 0 spiro atoms. The second kappa shape index (κ2) is 4.56. The molecule has 0 radical (unpaired) electrons. The predicted molar refractivity (Wildman–Crippen MR) is 56.5 cm³/mol. The summed E-state index contributed by atoms with van der Waals surface area (Å²) in [5.74, 6) is -0.0661. The molecule has 7 nitrogen and oxygen atoms in total. The molecule has 1 aliphatic rings. The Labute approximate surface area is 93.4 Å². The molecule has 1 aliphatic heterocycles. The fourth-order valence-corrected chi connectivity index (χ4v) is 2.25. The zero-order valence-electron chi connectivity index (χ0n) is 9.26. The Morgan fingerprint density at radius 1 is 1.62 bits per heavy atom. The van der Waals surface area contributed by atoms with E-state index in [1.54, 1.807) is 4.90 Å². The van der Waals surface area contributed by atoms with E-state index in [-0.39, 0.29) is 23.8 Å². The molecular formula is C9H16N6O. The molecule has 0 aromatic carbocycles. The van der Waals surface area contributed by atoms with Crippen molar-refractivity contribution in [2.75, 3.05) is 6.54 Å². The number of aromatic nitrogens is 4. The van der Waals surface area contributed by atoms with Crippen molar-refractivity contribution in [2.45, 2.75) is 38.3 Å². The van der Waals surface area contributed by atoms with Crippen LogP contribution in [-0.4, -0.2) is 50.1 Å². The molecule has 0 aliphatic carbocycles. The lowest BCUT2D eigenvalue weighted by Crippen LogP contribution is -2.52. The molecule has 16 heavy (non-hydrogen) atoms. The molecule has 3 N–H and O–H groups in total. The molecule has 1 amide bonds. The molecule has 0 saturated carbocycles. The third-order valence-electron chi connectivity index (χ3n) is 3.07. The van der Waals surface area contributed by atoms with Gasteiger partial charge in [-0.05, 0) is 31.4 Å². The number of nitrogens with zero attached hydrogens (tertiary/aromatic N) is 4. The van der Waals surface area contributed by atoms with Crippen molar-refractivity contribution in [3.8, 4) is 0 Å². The van der Waals surface area contributed by atoms with E-state index in [1.807, 2.05) is 6.92 Å². The van der Waals surface area contributed by atoms with Crippen LogP contribution < -0.4 is 5.73 Å². The Balaban J connectivity index is 2.19. The minimum atomic E-state index is -0.184. The monoisotopic (exact) mass is 224 g/mol. The van der Waals surface area contributed by atoms with Crippen LogP contribution in [0.1, 0.15) is 36.8 Å². The van der Waals surface area contributed by atoms with Gasteiger partial charge in [-0.3, -0.25) is 4.79 Å². The third-order valence-corrected chi connectivity index (χ3v) is 3.07. The van der Waals surface area contributed by atoms with Crippen molar-refractivity contribution in [3.63, 3.8) is 0 Å². The van der Waals surface area contributed by atoms with Gasteiger partial charge in [-0.25, -0.2) is 0 Å². The fraction of sp³-hybridized carbons (Fsp3) is 0.778. The summed E-state index contributed by atoms with van der Waals surface area (Å²) in [7, 11) is 0. The van der Waals surface area contributed by atoms with Gasteiger partial charge in [-0.1, -0.05) is 0 Å². The Bertz CT molecular complexity index is 351. The lowest BCUT2D eigenvalue weighted by atomic mass is 9.96. The number of piperidine rings is 1. The summed E-state index contributed by atoms with van der Waals surface area (Å²) in [4.78, 5) is 13.9. The van der Waals surface area contributed by atoms with Crippen LogP contribution in [0.4, 0.5) is 0 Å². The molecule has 2 unspecified atom stereocenters. The molecule has 1 fully saturated rings. The Hall–Kier alpha value is -1.50. The molecule has 7 heteroatoms. The van der Waals surface area contributed by atoms with E-state index in [2.05, 4.69) is 20.6 Å². The molecule has 1 aromatic heterocycles. The summed E-state index contributed by atoms with van der Waals surface area (Å²) in [5.41, 5.74) is 5.69. The van der Waals surface area contributed by atoms with E-state index in [0.29, 0.717) is 6.54 Å². The largest absolute Gasteiger partial charge is 0.329 e. The van der Waals surface area contributed by atoms with Crippen LogP contribution in [0.25, 0.3) is 0 Å². The van der Waals surface area contributed by atoms with Gasteiger partial charge in [-0.2, -0.15) is 5.21 Å². The highest BCUT2D eigenvalue weighted by atomic mass is 16.2. The number of H-pyrrole nitrogens is 1. The quantitative estimate of drug-likeness (QED) is 0.708. The number of carbonyl (C=O) groups excluding carboxylic acids is 1. The van der Waals surface area contributed by atoms with Gasteiger partial charge in [-0.15, -0.1) is 10.2 Å². The fourth-order valence-electron chi connectivity index (χ4n) is 2.25. The van der Waals surface area contributed by atoms with E-state index in [0.717, 1.165) is 19.3 Å². The van der Waals surface area contributed by atoms with Crippen LogP contribution in [0.2, 0.25) is 0 Å². The second-order valence-corrected chi connectivity index (χ2v) is 4.12. The van der Waals surface area contributed by atoms with E-state index in [1.165, 1.54) is 0 Å². The van der Waals surface area contributed by atoms with Crippen molar-refractivity contribution >= 4 is 5.91 Å². The average Bonchev–Trinajstić information content (AvgIpc) is 2.81. The van der Waals surface area contributed by atoms with Gasteiger partial charge in [0.25, 0.3) is 11.7 Å². The van der Waals surface area contributed by atoms with Gasteiger partial charge >= 0.3 is 0 Å². The number of nitrogens with two attached hydrogens (primary N) is 1. The summed E-state index contributed by atoms with van der Waals surface area (Å²) in [6.07, 6.45) is 3.06. The van der Waals surface area contributed by atoms with E-state index in [4.69, 9.17) is 5.73 Å². The van der Waals surface area contributed by atoms with E-state index in [9.17, 15) is 4.79 Å². The third kappa shape index (κ3) is 1.90. The molecule has 88 valence electrons. The number of hydrogen-bond acceptors (Lipinski definition) is 5. The molecule has 1 aromatic rings. The van der Waals surface area contributed by atoms with Crippen molar-refractivity contribution in [3.05, 3.63) is 5.82 Å². The van der Waals surface area contributed by atoms with Crippen molar-refractivity contribution in [1.82, 2.24) is 25.5 Å². The maximum absolute atomic E-state index is 12.1.